The van der Waals surface area contributed by atoms with Gasteiger partial charge in [0.1, 0.15) is 11.6 Å². The average molecular weight is 331 g/mol. The molecule has 1 aromatic carbocycles. The molecule has 0 saturated heterocycles. The maximum atomic E-state index is 12.8. The van der Waals surface area contributed by atoms with Gasteiger partial charge >= 0.3 is 0 Å². The van der Waals surface area contributed by atoms with E-state index >= 15 is 0 Å². The number of para-hydroxylation sites is 1. The summed E-state index contributed by atoms with van der Waals surface area (Å²) >= 11 is 1.28. The van der Waals surface area contributed by atoms with Gasteiger partial charge in [-0.1, -0.05) is 43.8 Å². The van der Waals surface area contributed by atoms with Gasteiger partial charge < -0.3 is 16.4 Å². The molecule has 0 spiro atoms. The van der Waals surface area contributed by atoms with Gasteiger partial charge in [-0.05, 0) is 18.1 Å². The molecular formula is C16H21N5OS. The van der Waals surface area contributed by atoms with Crippen molar-refractivity contribution in [3.8, 4) is 0 Å². The predicted octanol–water partition coefficient (Wildman–Crippen LogP) is 2.42. The Morgan fingerprint density at radius 3 is 2.22 bits per heavy atom. The average Bonchev–Trinajstić information content (AvgIpc) is 2.51. The molecule has 0 aliphatic carbocycles. The number of carbonyl (C=O) groups is 1. The summed E-state index contributed by atoms with van der Waals surface area (Å²) in [4.78, 5) is 22.8. The summed E-state index contributed by atoms with van der Waals surface area (Å²) in [5.41, 5.74) is 12.2. The highest BCUT2D eigenvalue weighted by Gasteiger charge is 2.28. The van der Waals surface area contributed by atoms with Crippen LogP contribution in [0.4, 0.5) is 17.3 Å². The second-order valence-electron chi connectivity index (χ2n) is 5.52. The van der Waals surface area contributed by atoms with Crippen LogP contribution in [-0.4, -0.2) is 28.2 Å². The van der Waals surface area contributed by atoms with Crippen molar-refractivity contribution in [1.82, 2.24) is 9.97 Å². The molecule has 1 amide bonds. The maximum Gasteiger partial charge on any atom is 0.240 e. The molecule has 0 aliphatic rings. The molecule has 1 aromatic heterocycles. The van der Waals surface area contributed by atoms with Crippen LogP contribution in [0.1, 0.15) is 13.8 Å². The molecule has 2 aromatic rings. The second kappa shape index (κ2) is 7.32. The number of nitrogens with two attached hydrogens (primary N) is 2. The van der Waals surface area contributed by atoms with E-state index in [-0.39, 0.29) is 17.1 Å². The van der Waals surface area contributed by atoms with Crippen LogP contribution in [0.15, 0.2) is 41.6 Å². The number of benzene rings is 1. The van der Waals surface area contributed by atoms with Crippen LogP contribution in [0.2, 0.25) is 0 Å². The standard InChI is InChI=1S/C16H21N5OS/c1-10(2)14(23-16-19-12(17)9-13(18)20-16)15(22)21(3)11-7-5-4-6-8-11/h4-10,14H,1-3H3,(H4,17,18,19,20)/t14-/m1/s1. The van der Waals surface area contributed by atoms with E-state index in [2.05, 4.69) is 9.97 Å². The topological polar surface area (TPSA) is 98.1 Å². The molecule has 0 saturated carbocycles. The molecule has 2 rings (SSSR count). The van der Waals surface area contributed by atoms with E-state index in [9.17, 15) is 4.79 Å². The molecule has 4 N–H and O–H groups in total. The number of hydrogen-bond acceptors (Lipinski definition) is 6. The largest absolute Gasteiger partial charge is 0.383 e. The Labute approximate surface area is 140 Å². The van der Waals surface area contributed by atoms with Gasteiger partial charge in [0.25, 0.3) is 0 Å². The highest BCUT2D eigenvalue weighted by atomic mass is 32.2. The SMILES string of the molecule is CC(C)[C@@H](Sc1nc(N)cc(N)n1)C(=O)N(C)c1ccccc1. The van der Waals surface area contributed by atoms with Crippen molar-refractivity contribution < 1.29 is 4.79 Å². The summed E-state index contributed by atoms with van der Waals surface area (Å²) in [6.45, 7) is 3.98. The second-order valence-corrected chi connectivity index (χ2v) is 6.62. The highest BCUT2D eigenvalue weighted by molar-refractivity contribution is 8.00. The number of amides is 1. The van der Waals surface area contributed by atoms with Crippen molar-refractivity contribution in [3.05, 3.63) is 36.4 Å². The van der Waals surface area contributed by atoms with Crippen molar-refractivity contribution >= 4 is 35.0 Å². The number of nitrogens with zero attached hydrogens (tertiary/aromatic N) is 3. The third kappa shape index (κ3) is 4.35. The summed E-state index contributed by atoms with van der Waals surface area (Å²) in [6.07, 6.45) is 0. The molecule has 1 atom stereocenters. The minimum atomic E-state index is -0.332. The van der Waals surface area contributed by atoms with Crippen LogP contribution in [-0.2, 0) is 4.79 Å². The number of anilines is 3. The third-order valence-electron chi connectivity index (χ3n) is 3.30. The minimum Gasteiger partial charge on any atom is -0.383 e. The maximum absolute atomic E-state index is 12.8. The monoisotopic (exact) mass is 331 g/mol. The van der Waals surface area contributed by atoms with E-state index in [0.29, 0.717) is 16.8 Å². The lowest BCUT2D eigenvalue weighted by Crippen LogP contribution is -2.37. The zero-order valence-corrected chi connectivity index (χ0v) is 14.2. The number of nitrogen functional groups attached to an aromatic ring is 2. The summed E-state index contributed by atoms with van der Waals surface area (Å²) in [7, 11) is 1.77. The van der Waals surface area contributed by atoms with Crippen LogP contribution < -0.4 is 16.4 Å². The van der Waals surface area contributed by atoms with Crippen LogP contribution in [0.3, 0.4) is 0 Å². The first-order valence-corrected chi connectivity index (χ1v) is 8.15. The lowest BCUT2D eigenvalue weighted by molar-refractivity contribution is -0.118. The van der Waals surface area contributed by atoms with Gasteiger partial charge in [0.05, 0.1) is 5.25 Å². The fourth-order valence-electron chi connectivity index (χ4n) is 2.07. The summed E-state index contributed by atoms with van der Waals surface area (Å²) in [6, 6.07) is 11.0. The van der Waals surface area contributed by atoms with Gasteiger partial charge in [0.15, 0.2) is 5.16 Å². The zero-order chi connectivity index (χ0) is 17.0. The molecular weight excluding hydrogens is 310 g/mol. The Kier molecular flexibility index (Phi) is 5.44. The van der Waals surface area contributed by atoms with Crippen molar-refractivity contribution in [1.29, 1.82) is 0 Å². The predicted molar refractivity (Wildman–Crippen MR) is 95.2 cm³/mol. The van der Waals surface area contributed by atoms with Crippen LogP contribution >= 0.6 is 11.8 Å². The number of hydrogen-bond donors (Lipinski definition) is 2. The van der Waals surface area contributed by atoms with Gasteiger partial charge in [-0.3, -0.25) is 4.79 Å². The summed E-state index contributed by atoms with van der Waals surface area (Å²) in [5, 5.41) is 0.0809. The van der Waals surface area contributed by atoms with Crippen molar-refractivity contribution in [2.24, 2.45) is 5.92 Å². The lowest BCUT2D eigenvalue weighted by Gasteiger charge is -2.25. The fraction of sp³-hybridized carbons (Fsp3) is 0.312. The Bertz CT molecular complexity index is 657. The smallest absolute Gasteiger partial charge is 0.240 e. The van der Waals surface area contributed by atoms with Gasteiger partial charge in [0, 0.05) is 18.8 Å². The number of thioether (sulfide) groups is 1. The Hall–Kier alpha value is -2.28. The fourth-order valence-corrected chi connectivity index (χ4v) is 3.14. The van der Waals surface area contributed by atoms with Crippen LogP contribution in [0.25, 0.3) is 0 Å². The van der Waals surface area contributed by atoms with E-state index < -0.39 is 0 Å². The first kappa shape index (κ1) is 17.1. The molecule has 1 heterocycles. The number of rotatable bonds is 5. The number of aromatic nitrogens is 2. The quantitative estimate of drug-likeness (QED) is 0.645. The Morgan fingerprint density at radius 1 is 1.13 bits per heavy atom. The molecule has 0 bridgehead atoms. The Morgan fingerprint density at radius 2 is 1.70 bits per heavy atom. The third-order valence-corrected chi connectivity index (χ3v) is 4.69. The van der Waals surface area contributed by atoms with Crippen LogP contribution in [0.5, 0.6) is 0 Å². The first-order valence-electron chi connectivity index (χ1n) is 7.27. The van der Waals surface area contributed by atoms with Crippen molar-refractivity contribution in [3.63, 3.8) is 0 Å². The summed E-state index contributed by atoms with van der Waals surface area (Å²) in [5.74, 6) is 0.684. The van der Waals surface area contributed by atoms with Crippen molar-refractivity contribution in [2.75, 3.05) is 23.4 Å². The molecule has 0 fully saturated rings. The highest BCUT2D eigenvalue weighted by Crippen LogP contribution is 2.29. The normalized spacial score (nSPS) is 12.2. The van der Waals surface area contributed by atoms with Gasteiger partial charge in [0.2, 0.25) is 5.91 Å². The van der Waals surface area contributed by atoms with E-state index in [1.54, 1.807) is 11.9 Å². The van der Waals surface area contributed by atoms with Crippen molar-refractivity contribution in [2.45, 2.75) is 24.3 Å². The Balaban J connectivity index is 2.22. The molecule has 6 nitrogen and oxygen atoms in total. The van der Waals surface area contributed by atoms with E-state index in [1.807, 2.05) is 44.2 Å². The molecule has 23 heavy (non-hydrogen) atoms. The zero-order valence-electron chi connectivity index (χ0n) is 13.4. The molecule has 7 heteroatoms. The molecule has 0 aliphatic heterocycles. The van der Waals surface area contributed by atoms with E-state index in [4.69, 9.17) is 11.5 Å². The number of carbonyl (C=O) groups excluding carboxylic acids is 1. The van der Waals surface area contributed by atoms with E-state index in [0.717, 1.165) is 5.69 Å². The van der Waals surface area contributed by atoms with E-state index in [1.165, 1.54) is 17.8 Å². The summed E-state index contributed by atoms with van der Waals surface area (Å²) < 4.78 is 0. The molecule has 0 radical (unpaired) electrons. The molecule has 122 valence electrons. The minimum absolute atomic E-state index is 0.0132. The first-order chi connectivity index (χ1) is 10.9. The molecule has 0 unspecified atom stereocenters. The lowest BCUT2D eigenvalue weighted by atomic mass is 10.1. The van der Waals surface area contributed by atoms with Gasteiger partial charge in [-0.25, -0.2) is 9.97 Å². The van der Waals surface area contributed by atoms with Crippen LogP contribution in [0, 0.1) is 5.92 Å². The van der Waals surface area contributed by atoms with Gasteiger partial charge in [-0.2, -0.15) is 0 Å². The van der Waals surface area contributed by atoms with Gasteiger partial charge in [-0.15, -0.1) is 0 Å².